The molecule has 1 aromatic rings. The number of likely N-dealkylation sites (N-methyl/N-ethyl adjacent to an activating group) is 1. The lowest BCUT2D eigenvalue weighted by atomic mass is 9.81. The lowest BCUT2D eigenvalue weighted by molar-refractivity contribution is 0.407. The van der Waals surface area contributed by atoms with Gasteiger partial charge in [0.05, 0.1) is 6.54 Å². The molecule has 2 N–H and O–H groups in total. The highest BCUT2D eigenvalue weighted by molar-refractivity contribution is 5.47. The van der Waals surface area contributed by atoms with E-state index in [0.29, 0.717) is 23.7 Å². The van der Waals surface area contributed by atoms with Crippen molar-refractivity contribution in [1.29, 1.82) is 0 Å². The number of hydrogen-bond acceptors (Lipinski definition) is 3. The topological polar surface area (TPSA) is 46.1 Å². The average Bonchev–Trinajstić information content (AvgIpc) is 3.31. The summed E-state index contributed by atoms with van der Waals surface area (Å²) in [5.74, 6) is 0.663. The normalized spacial score (nSPS) is 23.5. The molecule has 1 unspecified atom stereocenters. The Kier molecular flexibility index (Phi) is 8.54. The van der Waals surface area contributed by atoms with Crippen molar-refractivity contribution in [2.24, 2.45) is 5.92 Å². The second kappa shape index (κ2) is 11.4. The monoisotopic (exact) mass is 451 g/mol. The van der Waals surface area contributed by atoms with Crippen LogP contribution in [-0.4, -0.2) is 23.8 Å². The minimum Gasteiger partial charge on any atom is -0.390 e. The third-order valence-electron chi connectivity index (χ3n) is 7.12. The number of alkyl halides is 1. The van der Waals surface area contributed by atoms with Crippen molar-refractivity contribution < 1.29 is 4.39 Å². The fourth-order valence-electron chi connectivity index (χ4n) is 5.16. The molecule has 0 aromatic carbocycles. The van der Waals surface area contributed by atoms with Crippen molar-refractivity contribution in [3.8, 4) is 0 Å². The van der Waals surface area contributed by atoms with Crippen LogP contribution in [0.4, 0.5) is 4.39 Å². The molecular weight excluding hydrogens is 413 g/mol. The van der Waals surface area contributed by atoms with E-state index in [-0.39, 0.29) is 5.56 Å². The highest BCUT2D eigenvalue weighted by Gasteiger charge is 2.36. The van der Waals surface area contributed by atoms with E-state index in [9.17, 15) is 9.18 Å². The van der Waals surface area contributed by atoms with E-state index in [2.05, 4.69) is 29.9 Å². The summed E-state index contributed by atoms with van der Waals surface area (Å²) in [5, 5.41) is 6.55. The summed E-state index contributed by atoms with van der Waals surface area (Å²) in [7, 11) is 1.81. The van der Waals surface area contributed by atoms with Crippen molar-refractivity contribution in [1.82, 2.24) is 15.2 Å². The van der Waals surface area contributed by atoms with Gasteiger partial charge in [-0.3, -0.25) is 4.79 Å². The van der Waals surface area contributed by atoms with Crippen LogP contribution in [0, 0.1) is 12.8 Å². The van der Waals surface area contributed by atoms with Crippen molar-refractivity contribution in [3.63, 3.8) is 0 Å². The van der Waals surface area contributed by atoms with Gasteiger partial charge in [-0.25, -0.2) is 4.39 Å². The average molecular weight is 452 g/mol. The molecule has 0 amide bonds. The Balaban J connectivity index is 2.13. The summed E-state index contributed by atoms with van der Waals surface area (Å²) >= 11 is 0. The number of nitrogens with zero attached hydrogens (tertiary/aromatic N) is 1. The van der Waals surface area contributed by atoms with Gasteiger partial charge in [0.25, 0.3) is 5.56 Å². The zero-order chi connectivity index (χ0) is 23.8. The zero-order valence-corrected chi connectivity index (χ0v) is 20.1. The number of aryl methyl sites for hydroxylation is 1. The number of aromatic nitrogens is 1. The predicted molar refractivity (Wildman–Crippen MR) is 136 cm³/mol. The first-order valence-electron chi connectivity index (χ1n) is 12.0. The molecule has 4 nitrogen and oxygen atoms in total. The fourth-order valence-corrected chi connectivity index (χ4v) is 5.16. The summed E-state index contributed by atoms with van der Waals surface area (Å²) in [4.78, 5) is 12.9. The first kappa shape index (κ1) is 24.8. The largest absolute Gasteiger partial charge is 0.390 e. The maximum absolute atomic E-state index is 14.4. The lowest BCUT2D eigenvalue weighted by Gasteiger charge is -2.38. The van der Waals surface area contributed by atoms with Gasteiger partial charge in [-0.05, 0) is 55.5 Å². The standard InChI is InChI=1S/C28H38FN3O/c1-5-31-28(22(3)30-4,20-32-16-10-11-21(2)27(32)33)26-15-9-8-14-24(25(18-26)19-29)17-23-12-6-7-13-23/h5,9-11,15-16,18,23,30-31H,1,3,6-8,12-14,17,19-20H2,2,4H3/b15-9-,25-24-,26-18+. The Morgan fingerprint density at radius 1 is 1.36 bits per heavy atom. The molecule has 2 aliphatic carbocycles. The Labute approximate surface area is 197 Å². The van der Waals surface area contributed by atoms with E-state index in [0.717, 1.165) is 30.4 Å². The van der Waals surface area contributed by atoms with Crippen LogP contribution >= 0.6 is 0 Å². The van der Waals surface area contributed by atoms with Crippen LogP contribution in [0.1, 0.15) is 50.5 Å². The Morgan fingerprint density at radius 3 is 2.79 bits per heavy atom. The van der Waals surface area contributed by atoms with Crippen molar-refractivity contribution in [2.45, 2.75) is 64.0 Å². The second-order valence-corrected chi connectivity index (χ2v) is 9.26. The molecule has 1 aromatic heterocycles. The van der Waals surface area contributed by atoms with Gasteiger partial charge < -0.3 is 15.2 Å². The number of halogens is 1. The summed E-state index contributed by atoms with van der Waals surface area (Å²) in [6.07, 6.45) is 17.3. The molecule has 2 aliphatic rings. The van der Waals surface area contributed by atoms with Gasteiger partial charge in [-0.1, -0.05) is 68.7 Å². The van der Waals surface area contributed by atoms with Gasteiger partial charge in [0.1, 0.15) is 12.2 Å². The maximum atomic E-state index is 14.4. The van der Waals surface area contributed by atoms with Crippen LogP contribution in [0.5, 0.6) is 0 Å². The van der Waals surface area contributed by atoms with Gasteiger partial charge in [0, 0.05) is 24.5 Å². The van der Waals surface area contributed by atoms with Crippen LogP contribution in [-0.2, 0) is 6.54 Å². The highest BCUT2D eigenvalue weighted by atomic mass is 19.1. The van der Waals surface area contributed by atoms with Crippen LogP contribution < -0.4 is 16.2 Å². The smallest absolute Gasteiger partial charge is 0.253 e. The van der Waals surface area contributed by atoms with Gasteiger partial charge in [0.2, 0.25) is 0 Å². The molecule has 1 heterocycles. The van der Waals surface area contributed by atoms with E-state index >= 15 is 0 Å². The predicted octanol–water partition coefficient (Wildman–Crippen LogP) is 5.48. The van der Waals surface area contributed by atoms with Gasteiger partial charge in [0.15, 0.2) is 0 Å². The Morgan fingerprint density at radius 2 is 2.12 bits per heavy atom. The number of nitrogens with one attached hydrogen (secondary N) is 2. The second-order valence-electron chi connectivity index (χ2n) is 9.26. The van der Waals surface area contributed by atoms with E-state index in [1.54, 1.807) is 17.0 Å². The molecule has 0 radical (unpaired) electrons. The lowest BCUT2D eigenvalue weighted by Crippen LogP contribution is -2.53. The Hall–Kier alpha value is -2.82. The van der Waals surface area contributed by atoms with E-state index in [1.165, 1.54) is 31.3 Å². The first-order chi connectivity index (χ1) is 15.9. The van der Waals surface area contributed by atoms with Gasteiger partial charge in [-0.15, -0.1) is 0 Å². The molecule has 0 bridgehead atoms. The van der Waals surface area contributed by atoms with Crippen molar-refractivity contribution in [2.75, 3.05) is 13.7 Å². The SMILES string of the molecule is C=CNC(Cn1cccc(C)c1=O)(C(=C)NC)C1=C/C(CF)=C(/CC2CCCC2)CC/C=C\1. The molecule has 1 fully saturated rings. The summed E-state index contributed by atoms with van der Waals surface area (Å²) in [6.45, 7) is 9.78. The minimum absolute atomic E-state index is 0.0600. The zero-order valence-electron chi connectivity index (χ0n) is 20.1. The molecule has 0 saturated heterocycles. The minimum atomic E-state index is -0.874. The fraction of sp³-hybridized carbons (Fsp3) is 0.464. The molecule has 5 heteroatoms. The van der Waals surface area contributed by atoms with E-state index in [4.69, 9.17) is 0 Å². The van der Waals surface area contributed by atoms with Crippen LogP contribution in [0.15, 0.2) is 83.1 Å². The molecule has 3 rings (SSSR count). The third kappa shape index (κ3) is 5.58. The van der Waals surface area contributed by atoms with Crippen LogP contribution in [0.2, 0.25) is 0 Å². The first-order valence-corrected chi connectivity index (χ1v) is 12.0. The van der Waals surface area contributed by atoms with E-state index in [1.807, 2.05) is 38.3 Å². The van der Waals surface area contributed by atoms with Crippen LogP contribution in [0.3, 0.4) is 0 Å². The molecule has 1 saturated carbocycles. The van der Waals surface area contributed by atoms with Crippen molar-refractivity contribution in [3.05, 3.63) is 94.2 Å². The third-order valence-corrected chi connectivity index (χ3v) is 7.12. The summed E-state index contributed by atoms with van der Waals surface area (Å²) in [6, 6.07) is 3.68. The molecule has 178 valence electrons. The van der Waals surface area contributed by atoms with Gasteiger partial charge in [-0.2, -0.15) is 0 Å². The van der Waals surface area contributed by atoms with Gasteiger partial charge >= 0.3 is 0 Å². The van der Waals surface area contributed by atoms with Crippen LogP contribution in [0.25, 0.3) is 0 Å². The number of rotatable bonds is 10. The number of hydrogen-bond donors (Lipinski definition) is 2. The molecule has 0 spiro atoms. The number of allylic oxidation sites excluding steroid dienone is 4. The maximum Gasteiger partial charge on any atom is 0.253 e. The van der Waals surface area contributed by atoms with E-state index < -0.39 is 12.2 Å². The Bertz CT molecular complexity index is 1010. The van der Waals surface area contributed by atoms with Crippen molar-refractivity contribution >= 4 is 0 Å². The molecule has 1 atom stereocenters. The highest BCUT2D eigenvalue weighted by Crippen LogP contribution is 2.36. The summed E-state index contributed by atoms with van der Waals surface area (Å²) < 4.78 is 16.1. The molecular formula is C28H38FN3O. The quantitative estimate of drug-likeness (QED) is 0.495. The molecule has 0 aliphatic heterocycles. The molecule has 33 heavy (non-hydrogen) atoms. The summed E-state index contributed by atoms with van der Waals surface area (Å²) in [5.41, 5.74) is 3.27. The number of pyridine rings is 1.